The first-order valence-electron chi connectivity index (χ1n) is 20.9. The number of ether oxygens (including phenoxy) is 1. The van der Waals surface area contributed by atoms with E-state index >= 15 is 0 Å². The molecule has 5 rings (SSSR count). The number of likely N-dealkylation sites (tertiary alicyclic amines) is 1. The van der Waals surface area contributed by atoms with Gasteiger partial charge in [-0.15, -0.1) is 0 Å². The van der Waals surface area contributed by atoms with Gasteiger partial charge in [0.05, 0.1) is 19.3 Å². The van der Waals surface area contributed by atoms with Gasteiger partial charge in [0.25, 0.3) is 10.2 Å². The van der Waals surface area contributed by atoms with E-state index in [0.29, 0.717) is 44.9 Å². The molecule has 11 nitrogen and oxygen atoms in total. The van der Waals surface area contributed by atoms with Crippen LogP contribution in [0, 0.1) is 50.7 Å². The quantitative estimate of drug-likeness (QED) is 0.179. The fourth-order valence-electron chi connectivity index (χ4n) is 10.6. The Bertz CT molecular complexity index is 1520. The summed E-state index contributed by atoms with van der Waals surface area (Å²) < 4.78 is 35.6. The van der Waals surface area contributed by atoms with Crippen LogP contribution in [0.3, 0.4) is 0 Å². The zero-order chi connectivity index (χ0) is 40.1. The molecule has 2 aliphatic heterocycles. The molecule has 0 aromatic rings. The number of amides is 1. The van der Waals surface area contributed by atoms with Gasteiger partial charge in [-0.25, -0.2) is 4.72 Å². The number of aliphatic hydroxyl groups is 1. The maximum atomic E-state index is 15.0. The number of nitrogens with zero attached hydrogens (tertiary/aromatic N) is 2. The van der Waals surface area contributed by atoms with E-state index in [2.05, 4.69) is 18.6 Å². The van der Waals surface area contributed by atoms with Gasteiger partial charge in [0.2, 0.25) is 5.91 Å². The predicted molar refractivity (Wildman–Crippen MR) is 208 cm³/mol. The van der Waals surface area contributed by atoms with Crippen LogP contribution in [0.5, 0.6) is 0 Å². The van der Waals surface area contributed by atoms with Crippen LogP contribution in [0.25, 0.3) is 0 Å². The summed E-state index contributed by atoms with van der Waals surface area (Å²) in [6.45, 7) is 20.3. The van der Waals surface area contributed by atoms with Crippen LogP contribution < -0.4 is 4.72 Å². The highest BCUT2D eigenvalue weighted by Crippen LogP contribution is 2.88. The second-order valence-electron chi connectivity index (χ2n) is 20.4. The molecule has 5 fully saturated rings. The minimum Gasteiger partial charge on any atom is -0.385 e. The highest BCUT2D eigenvalue weighted by Gasteiger charge is 2.85. The largest absolute Gasteiger partial charge is 0.385 e. The molecule has 0 radical (unpaired) electrons. The maximum Gasteiger partial charge on any atom is 0.279 e. The summed E-state index contributed by atoms with van der Waals surface area (Å²) in [7, 11) is -3.74. The number of carbonyl (C=O) groups excluding carboxylic acids is 4. The molecule has 6 atom stereocenters. The van der Waals surface area contributed by atoms with E-state index in [1.54, 1.807) is 4.90 Å². The van der Waals surface area contributed by atoms with E-state index in [4.69, 9.17) is 4.74 Å². The van der Waals surface area contributed by atoms with Crippen molar-refractivity contribution in [1.29, 1.82) is 0 Å². The normalized spacial score (nSPS) is 27.7. The second-order valence-corrected chi connectivity index (χ2v) is 22.2. The number of morpholine rings is 1. The first-order chi connectivity index (χ1) is 25.0. The smallest absolute Gasteiger partial charge is 0.279 e. The molecule has 0 bridgehead atoms. The maximum absolute atomic E-state index is 15.0. The molecular formula is C42H71N3O8S. The van der Waals surface area contributed by atoms with E-state index in [-0.39, 0.29) is 84.3 Å². The average Bonchev–Trinajstić information content (AvgIpc) is 3.89. The monoisotopic (exact) mass is 777 g/mol. The molecule has 3 aliphatic carbocycles. The lowest BCUT2D eigenvalue weighted by Gasteiger charge is -2.36. The first kappa shape index (κ1) is 43.4. The number of Topliss-reactive ketones (excluding diaryl/α,β-unsaturated/α-hetero) is 3. The van der Waals surface area contributed by atoms with Crippen LogP contribution in [0.4, 0.5) is 0 Å². The number of hydrogen-bond acceptors (Lipinski definition) is 8. The van der Waals surface area contributed by atoms with Crippen molar-refractivity contribution in [3.8, 4) is 0 Å². The zero-order valence-corrected chi connectivity index (χ0v) is 35.6. The number of fused-ring (bicyclic) bond motifs is 1. The van der Waals surface area contributed by atoms with Gasteiger partial charge < -0.3 is 14.7 Å². The molecule has 2 N–H and O–H groups in total. The number of hydrogen-bond donors (Lipinski definition) is 2. The predicted octanol–water partition coefficient (Wildman–Crippen LogP) is 5.73. The van der Waals surface area contributed by atoms with Crippen LogP contribution in [0.1, 0.15) is 139 Å². The SMILES string of the molecule is CCCC(CC(=O)[C@@H]1C[C@@]2(CN1C(=O)[C@@H](CC(=O)C[C@@H](CNS(=O)(=O)N1CCOCC1)C(C)(C)C)C(C)(C)C)C(C)(C)C21CCC1)C(O)C(=O)CC1CC1. The van der Waals surface area contributed by atoms with Crippen LogP contribution in [-0.2, 0) is 34.1 Å². The minimum absolute atomic E-state index is 0.00306. The molecule has 1 amide bonds. The van der Waals surface area contributed by atoms with Crippen molar-refractivity contribution in [1.82, 2.24) is 13.9 Å². The number of nitrogens with one attached hydrogen (secondary N) is 1. The third kappa shape index (κ3) is 8.58. The lowest BCUT2D eigenvalue weighted by molar-refractivity contribution is -0.146. The molecule has 5 aliphatic rings. The molecule has 2 heterocycles. The summed E-state index contributed by atoms with van der Waals surface area (Å²) in [6, 6.07) is -0.668. The van der Waals surface area contributed by atoms with Crippen LogP contribution in [0.15, 0.2) is 0 Å². The standard InChI is InChI=1S/C42H71N3O8S/c1-10-12-29(36(49)35(48)21-28-13-14-28)22-34(47)33-25-42(40(8,9)41(42)15-11-16-41)27-45(33)37(50)32(39(5,6)7)24-31(46)23-30(38(2,3)4)26-43-54(51,52)44-17-19-53-20-18-44/h28-30,32-33,36,43,49H,10-27H2,1-9H3/t29?,30-,32+,33-,36?,42+/m0/s1. The van der Waals surface area contributed by atoms with Crippen molar-refractivity contribution < 1.29 is 37.4 Å². The molecule has 308 valence electrons. The Balaban J connectivity index is 1.35. The van der Waals surface area contributed by atoms with Crippen molar-refractivity contribution in [2.24, 2.45) is 50.7 Å². The Labute approximate surface area is 325 Å². The van der Waals surface area contributed by atoms with Gasteiger partial charge in [-0.3, -0.25) is 19.2 Å². The van der Waals surface area contributed by atoms with Crippen molar-refractivity contribution in [3.05, 3.63) is 0 Å². The zero-order valence-electron chi connectivity index (χ0n) is 34.8. The Morgan fingerprint density at radius 3 is 2.06 bits per heavy atom. The van der Waals surface area contributed by atoms with E-state index in [0.717, 1.165) is 38.5 Å². The molecule has 3 saturated carbocycles. The van der Waals surface area contributed by atoms with E-state index in [1.807, 2.05) is 48.5 Å². The fourth-order valence-corrected chi connectivity index (χ4v) is 11.8. The van der Waals surface area contributed by atoms with E-state index in [9.17, 15) is 32.7 Å². The van der Waals surface area contributed by atoms with E-state index in [1.165, 1.54) is 4.31 Å². The van der Waals surface area contributed by atoms with Gasteiger partial charge in [-0.1, -0.05) is 75.2 Å². The van der Waals surface area contributed by atoms with Gasteiger partial charge in [-0.05, 0) is 77.9 Å². The van der Waals surface area contributed by atoms with Gasteiger partial charge in [0.1, 0.15) is 11.9 Å². The van der Waals surface area contributed by atoms with Crippen molar-refractivity contribution in [2.45, 2.75) is 152 Å². The Morgan fingerprint density at radius 2 is 1.56 bits per heavy atom. The fraction of sp³-hybridized carbons (Fsp3) is 0.905. The molecule has 54 heavy (non-hydrogen) atoms. The van der Waals surface area contributed by atoms with E-state index < -0.39 is 45.0 Å². The van der Waals surface area contributed by atoms with Gasteiger partial charge in [0, 0.05) is 63.2 Å². The molecular weight excluding hydrogens is 707 g/mol. The number of carbonyl (C=O) groups is 4. The summed E-state index contributed by atoms with van der Waals surface area (Å²) in [4.78, 5) is 58.4. The highest BCUT2D eigenvalue weighted by atomic mass is 32.2. The first-order valence-corrected chi connectivity index (χ1v) is 22.3. The van der Waals surface area contributed by atoms with Crippen molar-refractivity contribution in [3.63, 3.8) is 0 Å². The number of aliphatic hydroxyl groups excluding tert-OH is 1. The lowest BCUT2D eigenvalue weighted by Crippen LogP contribution is -2.49. The Hall–Kier alpha value is -1.73. The van der Waals surface area contributed by atoms with Crippen molar-refractivity contribution in [2.75, 3.05) is 39.4 Å². The average molecular weight is 778 g/mol. The molecule has 0 aromatic heterocycles. The number of rotatable bonds is 18. The summed E-state index contributed by atoms with van der Waals surface area (Å²) in [5.74, 6) is -1.68. The summed E-state index contributed by atoms with van der Waals surface area (Å²) in [6.07, 6.45) is 6.54. The van der Waals surface area contributed by atoms with Crippen molar-refractivity contribution >= 4 is 33.5 Å². The Morgan fingerprint density at radius 1 is 0.926 bits per heavy atom. The highest BCUT2D eigenvalue weighted by molar-refractivity contribution is 7.87. The minimum atomic E-state index is -3.74. The van der Waals surface area contributed by atoms with Crippen LogP contribution in [0.2, 0.25) is 0 Å². The number of ketones is 3. The van der Waals surface area contributed by atoms with Crippen LogP contribution >= 0.6 is 0 Å². The third-order valence-corrected chi connectivity index (χ3v) is 16.4. The Kier molecular flexibility index (Phi) is 12.8. The van der Waals surface area contributed by atoms with Gasteiger partial charge in [0.15, 0.2) is 11.6 Å². The van der Waals surface area contributed by atoms with Crippen LogP contribution in [-0.4, -0.2) is 97.5 Å². The van der Waals surface area contributed by atoms with Gasteiger partial charge >= 0.3 is 0 Å². The third-order valence-electron chi connectivity index (χ3n) is 14.8. The summed E-state index contributed by atoms with van der Waals surface area (Å²) in [5.41, 5.74) is -1.10. The molecule has 2 unspecified atom stereocenters. The summed E-state index contributed by atoms with van der Waals surface area (Å²) >= 11 is 0. The second kappa shape index (κ2) is 15.9. The topological polar surface area (TPSA) is 150 Å². The molecule has 0 aromatic carbocycles. The summed E-state index contributed by atoms with van der Waals surface area (Å²) in [5, 5.41) is 11.2. The molecule has 2 saturated heterocycles. The van der Waals surface area contributed by atoms with Gasteiger partial charge in [-0.2, -0.15) is 12.7 Å². The molecule has 2 spiro atoms. The molecule has 12 heteroatoms. The lowest BCUT2D eigenvalue weighted by atomic mass is 9.73.